The predicted molar refractivity (Wildman–Crippen MR) is 94.6 cm³/mol. The molecule has 0 bridgehead atoms. The monoisotopic (exact) mass is 369 g/mol. The maximum Gasteiger partial charge on any atom is 0.258 e. The fourth-order valence-corrected chi connectivity index (χ4v) is 2.51. The number of carbonyl (C=O) groups excluding carboxylic acids is 1. The first-order chi connectivity index (χ1) is 11.1. The van der Waals surface area contributed by atoms with Crippen LogP contribution in [0.2, 0.25) is 0 Å². The number of nitrogens with one attached hydrogen (secondary N) is 1. The summed E-state index contributed by atoms with van der Waals surface area (Å²) in [7, 11) is 0. The molecule has 0 spiro atoms. The zero-order valence-corrected chi connectivity index (χ0v) is 14.2. The Hall–Kier alpha value is -2.40. The average Bonchev–Trinajstić information content (AvgIpc) is 3.00. The van der Waals surface area contributed by atoms with Gasteiger partial charge in [0.25, 0.3) is 5.91 Å². The van der Waals surface area contributed by atoms with Crippen molar-refractivity contribution in [2.45, 2.75) is 13.5 Å². The fraction of sp³-hybridized carbons (Fsp3) is 0.111. The number of rotatable bonds is 4. The van der Waals surface area contributed by atoms with E-state index in [1.807, 2.05) is 55.5 Å². The van der Waals surface area contributed by atoms with E-state index in [1.165, 1.54) is 0 Å². The topological polar surface area (TPSA) is 46.9 Å². The minimum atomic E-state index is -0.161. The number of nitrogens with zero attached hydrogens (tertiary/aromatic N) is 2. The molecule has 0 aliphatic heterocycles. The summed E-state index contributed by atoms with van der Waals surface area (Å²) in [5.74, 6) is -0.161. The van der Waals surface area contributed by atoms with Gasteiger partial charge < -0.3 is 5.32 Å². The maximum absolute atomic E-state index is 12.3. The lowest BCUT2D eigenvalue weighted by Gasteiger charge is -2.06. The third-order valence-electron chi connectivity index (χ3n) is 3.50. The number of amides is 1. The molecular weight excluding hydrogens is 354 g/mol. The molecule has 4 nitrogen and oxygen atoms in total. The molecule has 2 aromatic carbocycles. The molecule has 5 heteroatoms. The molecule has 0 aliphatic carbocycles. The third kappa shape index (κ3) is 3.87. The quantitative estimate of drug-likeness (QED) is 0.746. The normalized spacial score (nSPS) is 10.5. The van der Waals surface area contributed by atoms with Crippen LogP contribution < -0.4 is 5.32 Å². The summed E-state index contributed by atoms with van der Waals surface area (Å²) >= 11 is 3.45. The molecule has 0 unspecified atom stereocenters. The van der Waals surface area contributed by atoms with Crippen molar-refractivity contribution < 1.29 is 4.79 Å². The van der Waals surface area contributed by atoms with Gasteiger partial charge in [0.15, 0.2) is 0 Å². The van der Waals surface area contributed by atoms with Crippen molar-refractivity contribution in [1.82, 2.24) is 9.78 Å². The van der Waals surface area contributed by atoms with Crippen molar-refractivity contribution in [3.8, 4) is 0 Å². The number of halogens is 1. The maximum atomic E-state index is 12.3. The van der Waals surface area contributed by atoms with E-state index in [0.29, 0.717) is 12.1 Å². The van der Waals surface area contributed by atoms with E-state index < -0.39 is 0 Å². The second-order valence-corrected chi connectivity index (χ2v) is 6.18. The highest BCUT2D eigenvalue weighted by molar-refractivity contribution is 9.10. The second kappa shape index (κ2) is 6.79. The first-order valence-corrected chi connectivity index (χ1v) is 8.05. The number of anilines is 1. The van der Waals surface area contributed by atoms with Crippen LogP contribution in [0.5, 0.6) is 0 Å². The molecule has 3 rings (SSSR count). The smallest absolute Gasteiger partial charge is 0.258 e. The Morgan fingerprint density at radius 3 is 2.74 bits per heavy atom. The van der Waals surface area contributed by atoms with Gasteiger partial charge in [0.05, 0.1) is 18.3 Å². The standard InChI is InChI=1S/C18H16BrN3O/c1-13-9-16(7-8-17(13)19)21-18(23)15-10-20-22(12-15)11-14-5-3-2-4-6-14/h2-10,12H,11H2,1H3,(H,21,23). The Labute approximate surface area is 143 Å². The van der Waals surface area contributed by atoms with Gasteiger partial charge in [-0.1, -0.05) is 46.3 Å². The Balaban J connectivity index is 1.69. The van der Waals surface area contributed by atoms with Gasteiger partial charge >= 0.3 is 0 Å². The van der Waals surface area contributed by atoms with Crippen LogP contribution in [-0.2, 0) is 6.54 Å². The van der Waals surface area contributed by atoms with Crippen molar-refractivity contribution in [3.05, 3.63) is 82.1 Å². The summed E-state index contributed by atoms with van der Waals surface area (Å²) in [6, 6.07) is 15.7. The number of hydrogen-bond acceptors (Lipinski definition) is 2. The van der Waals surface area contributed by atoms with Crippen molar-refractivity contribution in [2.24, 2.45) is 0 Å². The third-order valence-corrected chi connectivity index (χ3v) is 4.39. The largest absolute Gasteiger partial charge is 0.322 e. The van der Waals surface area contributed by atoms with E-state index in [9.17, 15) is 4.79 Å². The molecule has 1 aromatic heterocycles. The summed E-state index contributed by atoms with van der Waals surface area (Å²) in [6.45, 7) is 2.63. The Bertz CT molecular complexity index is 827. The number of benzene rings is 2. The van der Waals surface area contributed by atoms with Crippen molar-refractivity contribution in [1.29, 1.82) is 0 Å². The Morgan fingerprint density at radius 2 is 2.00 bits per heavy atom. The van der Waals surface area contributed by atoms with E-state index in [-0.39, 0.29) is 5.91 Å². The molecule has 116 valence electrons. The predicted octanol–water partition coefficient (Wildman–Crippen LogP) is 4.25. The number of aryl methyl sites for hydroxylation is 1. The van der Waals surface area contributed by atoms with Gasteiger partial charge in [0, 0.05) is 16.4 Å². The molecule has 1 heterocycles. The lowest BCUT2D eigenvalue weighted by atomic mass is 10.2. The molecule has 0 saturated heterocycles. The van der Waals surface area contributed by atoms with Crippen LogP contribution in [0.3, 0.4) is 0 Å². The van der Waals surface area contributed by atoms with E-state index >= 15 is 0 Å². The first kappa shape index (κ1) is 15.5. The minimum absolute atomic E-state index is 0.161. The number of hydrogen-bond donors (Lipinski definition) is 1. The van der Waals surface area contributed by atoms with E-state index in [4.69, 9.17) is 0 Å². The summed E-state index contributed by atoms with van der Waals surface area (Å²) in [5.41, 5.74) is 3.53. The van der Waals surface area contributed by atoms with Crippen LogP contribution in [0.15, 0.2) is 65.4 Å². The lowest BCUT2D eigenvalue weighted by molar-refractivity contribution is 0.102. The van der Waals surface area contributed by atoms with Gasteiger partial charge in [-0.2, -0.15) is 5.10 Å². The van der Waals surface area contributed by atoms with Crippen molar-refractivity contribution in [3.63, 3.8) is 0 Å². The molecule has 1 amide bonds. The first-order valence-electron chi connectivity index (χ1n) is 7.26. The van der Waals surface area contributed by atoms with E-state index in [1.54, 1.807) is 17.1 Å². The van der Waals surface area contributed by atoms with Crippen molar-refractivity contribution in [2.75, 3.05) is 5.32 Å². The molecule has 0 fully saturated rings. The lowest BCUT2D eigenvalue weighted by Crippen LogP contribution is -2.11. The van der Waals surface area contributed by atoms with Crippen LogP contribution in [-0.4, -0.2) is 15.7 Å². The number of aromatic nitrogens is 2. The molecular formula is C18H16BrN3O. The molecule has 23 heavy (non-hydrogen) atoms. The highest BCUT2D eigenvalue weighted by Gasteiger charge is 2.10. The number of carbonyl (C=O) groups is 1. The summed E-state index contributed by atoms with van der Waals surface area (Å²) in [5, 5.41) is 7.14. The van der Waals surface area contributed by atoms with Crippen LogP contribution in [0.4, 0.5) is 5.69 Å². The molecule has 1 N–H and O–H groups in total. The molecule has 3 aromatic rings. The zero-order chi connectivity index (χ0) is 16.2. The van der Waals surface area contributed by atoms with Crippen LogP contribution in [0.25, 0.3) is 0 Å². The van der Waals surface area contributed by atoms with Gasteiger partial charge in [-0.3, -0.25) is 9.48 Å². The van der Waals surface area contributed by atoms with Crippen molar-refractivity contribution >= 4 is 27.5 Å². The van der Waals surface area contributed by atoms with Crippen LogP contribution in [0.1, 0.15) is 21.5 Å². The molecule has 0 atom stereocenters. The average molecular weight is 370 g/mol. The van der Waals surface area contributed by atoms with E-state index in [0.717, 1.165) is 21.3 Å². The summed E-state index contributed by atoms with van der Waals surface area (Å²) in [6.07, 6.45) is 3.35. The van der Waals surface area contributed by atoms with Gasteiger partial charge in [0.1, 0.15) is 0 Å². The molecule has 0 radical (unpaired) electrons. The minimum Gasteiger partial charge on any atom is -0.322 e. The van der Waals surface area contributed by atoms with Gasteiger partial charge in [0.2, 0.25) is 0 Å². The zero-order valence-electron chi connectivity index (χ0n) is 12.7. The highest BCUT2D eigenvalue weighted by Crippen LogP contribution is 2.20. The van der Waals surface area contributed by atoms with Crippen LogP contribution in [0, 0.1) is 6.92 Å². The highest BCUT2D eigenvalue weighted by atomic mass is 79.9. The van der Waals surface area contributed by atoms with Crippen LogP contribution >= 0.6 is 15.9 Å². The van der Waals surface area contributed by atoms with Gasteiger partial charge in [-0.05, 0) is 36.2 Å². The fourth-order valence-electron chi connectivity index (χ4n) is 2.26. The van der Waals surface area contributed by atoms with E-state index in [2.05, 4.69) is 26.3 Å². The Morgan fingerprint density at radius 1 is 1.22 bits per heavy atom. The van der Waals surface area contributed by atoms with Gasteiger partial charge in [-0.15, -0.1) is 0 Å². The van der Waals surface area contributed by atoms with Gasteiger partial charge in [-0.25, -0.2) is 0 Å². The summed E-state index contributed by atoms with van der Waals surface area (Å²) in [4.78, 5) is 12.3. The molecule has 0 aliphatic rings. The SMILES string of the molecule is Cc1cc(NC(=O)c2cnn(Cc3ccccc3)c2)ccc1Br. The molecule has 0 saturated carbocycles. The summed E-state index contributed by atoms with van der Waals surface area (Å²) < 4.78 is 2.78. The Kier molecular flexibility index (Phi) is 4.57. The second-order valence-electron chi connectivity index (χ2n) is 5.33.